The molecule has 11 heteroatoms. The maximum Gasteiger partial charge on any atom is 0.245 e. The molecule has 0 saturated heterocycles. The van der Waals surface area contributed by atoms with Gasteiger partial charge >= 0.3 is 0 Å². The van der Waals surface area contributed by atoms with Crippen molar-refractivity contribution in [2.75, 3.05) is 34.5 Å². The van der Waals surface area contributed by atoms with E-state index in [4.69, 9.17) is 14.2 Å². The van der Waals surface area contributed by atoms with Gasteiger partial charge in [-0.05, 0) is 25.0 Å². The van der Waals surface area contributed by atoms with E-state index in [-0.39, 0.29) is 31.9 Å². The normalized spacial score (nSPS) is 12.0. The van der Waals surface area contributed by atoms with Crippen LogP contribution in [0.4, 0.5) is 0 Å². The summed E-state index contributed by atoms with van der Waals surface area (Å²) in [6.07, 6.45) is 0.331. The second-order valence-electron chi connectivity index (χ2n) is 8.65. The van der Waals surface area contributed by atoms with E-state index in [0.717, 1.165) is 5.56 Å². The van der Waals surface area contributed by atoms with Crippen molar-refractivity contribution in [2.24, 2.45) is 0 Å². The highest BCUT2D eigenvalue weighted by molar-refractivity contribution is 5.95. The Hall–Kier alpha value is -4.12. The molecule has 0 heterocycles. The predicted molar refractivity (Wildman–Crippen MR) is 145 cm³/mol. The Kier molecular flexibility index (Phi) is 13.3. The summed E-state index contributed by atoms with van der Waals surface area (Å²) in [4.78, 5) is 51.0. The number of nitrogens with one attached hydrogen (secondary N) is 4. The quantitative estimate of drug-likeness (QED) is 0.249. The van der Waals surface area contributed by atoms with Crippen molar-refractivity contribution >= 4 is 23.6 Å². The molecule has 2 atom stereocenters. The molecule has 0 aliphatic carbocycles. The first kappa shape index (κ1) is 31.1. The van der Waals surface area contributed by atoms with Crippen molar-refractivity contribution in [1.82, 2.24) is 21.3 Å². The SMILES string of the molecule is CCNC(=O)CC(NC(=O)CCc1ccccc1)C(=O)NC(COC)C(=O)NCc1cccc(OC)c1OC. The van der Waals surface area contributed by atoms with Crippen LogP contribution in [0.1, 0.15) is 30.9 Å². The van der Waals surface area contributed by atoms with Crippen molar-refractivity contribution in [3.63, 3.8) is 0 Å². The number of aryl methyl sites for hydroxylation is 1. The maximum absolute atomic E-state index is 13.2. The highest BCUT2D eigenvalue weighted by Gasteiger charge is 2.28. The van der Waals surface area contributed by atoms with Crippen molar-refractivity contribution in [2.45, 2.75) is 44.8 Å². The van der Waals surface area contributed by atoms with Crippen molar-refractivity contribution in [1.29, 1.82) is 0 Å². The third-order valence-corrected chi connectivity index (χ3v) is 5.80. The molecule has 2 unspecified atom stereocenters. The van der Waals surface area contributed by atoms with E-state index >= 15 is 0 Å². The first-order chi connectivity index (χ1) is 18.8. The van der Waals surface area contributed by atoms with Crippen LogP contribution >= 0.6 is 0 Å². The molecule has 0 aliphatic rings. The molecule has 4 amide bonds. The summed E-state index contributed by atoms with van der Waals surface area (Å²) in [5.74, 6) is -0.984. The molecule has 2 aromatic rings. The third-order valence-electron chi connectivity index (χ3n) is 5.80. The first-order valence-electron chi connectivity index (χ1n) is 12.7. The molecule has 0 radical (unpaired) electrons. The number of hydrogen-bond donors (Lipinski definition) is 4. The molecule has 0 bridgehead atoms. The van der Waals surface area contributed by atoms with Gasteiger partial charge in [0.15, 0.2) is 11.5 Å². The van der Waals surface area contributed by atoms with Gasteiger partial charge in [-0.1, -0.05) is 42.5 Å². The number of methoxy groups -OCH3 is 3. The number of rotatable bonds is 16. The first-order valence-corrected chi connectivity index (χ1v) is 12.7. The maximum atomic E-state index is 13.2. The van der Waals surface area contributed by atoms with Gasteiger partial charge in [-0.25, -0.2) is 0 Å². The van der Waals surface area contributed by atoms with E-state index in [0.29, 0.717) is 30.0 Å². The molecule has 0 aromatic heterocycles. The molecule has 39 heavy (non-hydrogen) atoms. The second kappa shape index (κ2) is 16.7. The van der Waals surface area contributed by atoms with Gasteiger partial charge in [0.25, 0.3) is 0 Å². The molecule has 0 aliphatic heterocycles. The summed E-state index contributed by atoms with van der Waals surface area (Å²) in [5, 5.41) is 10.6. The number of carbonyl (C=O) groups excluding carboxylic acids is 4. The Morgan fingerprint density at radius 1 is 0.795 bits per heavy atom. The number of para-hydroxylation sites is 1. The minimum absolute atomic E-state index is 0.105. The van der Waals surface area contributed by atoms with Gasteiger partial charge in [0, 0.05) is 32.2 Å². The van der Waals surface area contributed by atoms with Gasteiger partial charge in [0.2, 0.25) is 23.6 Å². The fourth-order valence-corrected chi connectivity index (χ4v) is 3.85. The number of amides is 4. The van der Waals surface area contributed by atoms with Crippen LogP contribution in [0.15, 0.2) is 48.5 Å². The lowest BCUT2D eigenvalue weighted by molar-refractivity contribution is -0.134. The predicted octanol–water partition coefficient (Wildman–Crippen LogP) is 1.10. The summed E-state index contributed by atoms with van der Waals surface area (Å²) in [5.41, 5.74) is 1.65. The van der Waals surface area contributed by atoms with E-state index in [9.17, 15) is 19.2 Å². The molecule has 0 fully saturated rings. The Morgan fingerprint density at radius 2 is 1.54 bits per heavy atom. The Labute approximate surface area is 229 Å². The Bertz CT molecular complexity index is 1090. The van der Waals surface area contributed by atoms with Crippen LogP contribution in [0.2, 0.25) is 0 Å². The molecular formula is C28H38N4O7. The fourth-order valence-electron chi connectivity index (χ4n) is 3.85. The van der Waals surface area contributed by atoms with Crippen LogP contribution in [0.25, 0.3) is 0 Å². The van der Waals surface area contributed by atoms with Crippen LogP contribution in [0.3, 0.4) is 0 Å². The van der Waals surface area contributed by atoms with Crippen molar-refractivity contribution in [3.8, 4) is 11.5 Å². The molecule has 0 spiro atoms. The Morgan fingerprint density at radius 3 is 2.18 bits per heavy atom. The zero-order valence-corrected chi connectivity index (χ0v) is 22.9. The number of ether oxygens (including phenoxy) is 3. The lowest BCUT2D eigenvalue weighted by Crippen LogP contribution is -2.56. The van der Waals surface area contributed by atoms with Crippen molar-refractivity contribution in [3.05, 3.63) is 59.7 Å². The van der Waals surface area contributed by atoms with Crippen LogP contribution < -0.4 is 30.7 Å². The summed E-state index contributed by atoms with van der Waals surface area (Å²) < 4.78 is 15.8. The van der Waals surface area contributed by atoms with Crippen LogP contribution in [0, 0.1) is 0 Å². The Balaban J connectivity index is 2.07. The van der Waals surface area contributed by atoms with E-state index in [1.807, 2.05) is 30.3 Å². The van der Waals surface area contributed by atoms with Gasteiger partial charge in [0.05, 0.1) is 27.2 Å². The third kappa shape index (κ3) is 10.3. The van der Waals surface area contributed by atoms with E-state index in [2.05, 4.69) is 21.3 Å². The molecule has 11 nitrogen and oxygen atoms in total. The van der Waals surface area contributed by atoms with E-state index in [1.54, 1.807) is 25.1 Å². The highest BCUT2D eigenvalue weighted by Crippen LogP contribution is 2.30. The molecular weight excluding hydrogens is 504 g/mol. The average Bonchev–Trinajstić information content (AvgIpc) is 2.94. The minimum atomic E-state index is -1.18. The standard InChI is InChI=1S/C28H38N4O7/c1-5-29-25(34)16-21(31-24(33)15-14-19-10-7-6-8-11-19)28(36)32-22(18-37-2)27(35)30-17-20-12-9-13-23(38-3)26(20)39-4/h6-13,21-22H,5,14-18H2,1-4H3,(H,29,34)(H,30,35)(H,31,33)(H,32,36). The summed E-state index contributed by atoms with van der Waals surface area (Å²) in [6.45, 7) is 2.11. The smallest absolute Gasteiger partial charge is 0.245 e. The van der Waals surface area contributed by atoms with Gasteiger partial charge < -0.3 is 35.5 Å². The monoisotopic (exact) mass is 542 g/mol. The lowest BCUT2D eigenvalue weighted by Gasteiger charge is -2.23. The number of benzene rings is 2. The molecule has 212 valence electrons. The molecule has 2 aromatic carbocycles. The van der Waals surface area contributed by atoms with Gasteiger partial charge in [-0.2, -0.15) is 0 Å². The van der Waals surface area contributed by atoms with Crippen LogP contribution in [-0.4, -0.2) is 70.2 Å². The van der Waals surface area contributed by atoms with Gasteiger partial charge in [-0.3, -0.25) is 19.2 Å². The zero-order chi connectivity index (χ0) is 28.6. The summed E-state index contributed by atoms with van der Waals surface area (Å²) in [6, 6.07) is 12.5. The topological polar surface area (TPSA) is 144 Å². The van der Waals surface area contributed by atoms with E-state index in [1.165, 1.54) is 21.3 Å². The van der Waals surface area contributed by atoms with Crippen molar-refractivity contribution < 1.29 is 33.4 Å². The molecule has 0 saturated carbocycles. The second-order valence-corrected chi connectivity index (χ2v) is 8.65. The zero-order valence-electron chi connectivity index (χ0n) is 22.9. The summed E-state index contributed by atoms with van der Waals surface area (Å²) in [7, 11) is 4.41. The molecule has 2 rings (SSSR count). The average molecular weight is 543 g/mol. The van der Waals surface area contributed by atoms with Crippen LogP contribution in [0.5, 0.6) is 11.5 Å². The van der Waals surface area contributed by atoms with Gasteiger partial charge in [0.1, 0.15) is 12.1 Å². The fraction of sp³-hybridized carbons (Fsp3) is 0.429. The lowest BCUT2D eigenvalue weighted by atomic mass is 10.1. The highest BCUT2D eigenvalue weighted by atomic mass is 16.5. The number of carbonyl (C=O) groups is 4. The summed E-state index contributed by atoms with van der Waals surface area (Å²) >= 11 is 0. The van der Waals surface area contributed by atoms with E-state index < -0.39 is 29.8 Å². The number of hydrogen-bond acceptors (Lipinski definition) is 7. The van der Waals surface area contributed by atoms with Crippen LogP contribution in [-0.2, 0) is 36.9 Å². The largest absolute Gasteiger partial charge is 0.493 e. The minimum Gasteiger partial charge on any atom is -0.493 e. The van der Waals surface area contributed by atoms with Gasteiger partial charge in [-0.15, -0.1) is 0 Å². The molecule has 4 N–H and O–H groups in total.